The van der Waals surface area contributed by atoms with Gasteiger partial charge in [-0.2, -0.15) is 4.98 Å². The summed E-state index contributed by atoms with van der Waals surface area (Å²) in [6.45, 7) is 10.0. The van der Waals surface area contributed by atoms with Crippen LogP contribution >= 0.6 is 11.8 Å². The number of aliphatic carboxylic acids is 2. The molecule has 0 radical (unpaired) electrons. The number of benzene rings is 1. The van der Waals surface area contributed by atoms with Crippen molar-refractivity contribution in [3.8, 4) is 5.75 Å². The first-order valence-corrected chi connectivity index (χ1v) is 23.5. The quantitative estimate of drug-likeness (QED) is 0.0351. The average Bonchev–Trinajstić information content (AvgIpc) is 3.95. The topological polar surface area (TPSA) is 302 Å². The molecule has 3 aromatic heterocycles. The number of fused-ring (bicyclic) bond motifs is 1. The van der Waals surface area contributed by atoms with Gasteiger partial charge in [0.25, 0.3) is 0 Å². The molecule has 1 aliphatic rings. The molecule has 1 saturated heterocycles. The first kappa shape index (κ1) is 52.2. The Morgan fingerprint density at radius 1 is 0.910 bits per heavy atom. The predicted molar refractivity (Wildman–Crippen MR) is 251 cm³/mol. The van der Waals surface area contributed by atoms with Gasteiger partial charge in [-0.1, -0.05) is 37.1 Å². The summed E-state index contributed by atoms with van der Waals surface area (Å²) in [5.74, 6) is -1.33. The number of carboxylic acid groups (broad SMARTS) is 2. The number of nitrogen functional groups attached to an aromatic ring is 1. The number of ether oxygens (including phenoxy) is 4. The molecule has 1 fully saturated rings. The van der Waals surface area contributed by atoms with Crippen LogP contribution < -0.4 is 32.2 Å². The minimum atomic E-state index is -1.24. The highest BCUT2D eigenvalue weighted by Crippen LogP contribution is 2.28. The second kappa shape index (κ2) is 27.8. The van der Waals surface area contributed by atoms with E-state index in [0.717, 1.165) is 90.9 Å². The normalized spacial score (nSPS) is 13.9. The third-order valence-corrected chi connectivity index (χ3v) is 12.0. The Morgan fingerprint density at radius 3 is 2.37 bits per heavy atom. The largest absolute Gasteiger partial charge is 0.496 e. The Bertz CT molecular complexity index is 2190. The zero-order valence-corrected chi connectivity index (χ0v) is 39.1. The number of thioether (sulfide) groups is 1. The lowest BCUT2D eigenvalue weighted by Crippen LogP contribution is -2.51. The van der Waals surface area contributed by atoms with E-state index in [0.29, 0.717) is 78.1 Å². The Balaban J connectivity index is 0.889. The number of rotatable bonds is 31. The van der Waals surface area contributed by atoms with E-state index >= 15 is 0 Å². The second-order valence-electron chi connectivity index (χ2n) is 15.8. The molecule has 67 heavy (non-hydrogen) atoms. The number of aromatic nitrogens is 6. The van der Waals surface area contributed by atoms with Crippen LogP contribution in [0.4, 0.5) is 16.6 Å². The lowest BCUT2D eigenvalue weighted by molar-refractivity contribution is -0.138. The molecule has 2 atom stereocenters. The molecule has 368 valence electrons. The zero-order chi connectivity index (χ0) is 48.0. The summed E-state index contributed by atoms with van der Waals surface area (Å²) < 4.78 is 26.3. The van der Waals surface area contributed by atoms with Crippen LogP contribution in [0.5, 0.6) is 5.75 Å². The molecular formula is C43H65N13O10S. The highest BCUT2D eigenvalue weighted by molar-refractivity contribution is 8.00. The van der Waals surface area contributed by atoms with Gasteiger partial charge >= 0.3 is 18.0 Å². The van der Waals surface area contributed by atoms with Gasteiger partial charge in [0.15, 0.2) is 5.82 Å². The highest BCUT2D eigenvalue weighted by atomic mass is 32.2. The molecule has 0 bridgehead atoms. The number of nitrogens with zero attached hydrogens (tertiary/aromatic N) is 8. The Morgan fingerprint density at radius 2 is 1.66 bits per heavy atom. The van der Waals surface area contributed by atoms with Crippen molar-refractivity contribution >= 4 is 58.4 Å². The van der Waals surface area contributed by atoms with Crippen LogP contribution in [-0.4, -0.2) is 176 Å². The minimum Gasteiger partial charge on any atom is -0.496 e. The number of carbonyl (C=O) groups excluding carboxylic acids is 2. The summed E-state index contributed by atoms with van der Waals surface area (Å²) in [5.41, 5.74) is 15.8. The number of piperazine rings is 1. The van der Waals surface area contributed by atoms with E-state index < -0.39 is 35.6 Å². The van der Waals surface area contributed by atoms with E-state index in [9.17, 15) is 19.2 Å². The predicted octanol–water partition coefficient (Wildman–Crippen LogP) is 1.45. The highest BCUT2D eigenvalue weighted by Gasteiger charge is 2.25. The summed E-state index contributed by atoms with van der Waals surface area (Å²) in [7, 11) is 1.69. The van der Waals surface area contributed by atoms with Crippen molar-refractivity contribution in [3.05, 3.63) is 53.5 Å². The summed E-state index contributed by atoms with van der Waals surface area (Å²) in [5, 5.41) is 34.1. The van der Waals surface area contributed by atoms with Gasteiger partial charge < -0.3 is 66.0 Å². The molecule has 0 aliphatic carbocycles. The molecule has 0 unspecified atom stereocenters. The van der Waals surface area contributed by atoms with Crippen LogP contribution in [0.3, 0.4) is 0 Å². The van der Waals surface area contributed by atoms with Gasteiger partial charge in [-0.15, -0.1) is 16.9 Å². The van der Waals surface area contributed by atoms with Gasteiger partial charge in [0.1, 0.15) is 23.0 Å². The van der Waals surface area contributed by atoms with E-state index in [1.807, 2.05) is 17.2 Å². The molecule has 1 aliphatic heterocycles. The van der Waals surface area contributed by atoms with Crippen molar-refractivity contribution < 1.29 is 48.3 Å². The molecule has 5 rings (SSSR count). The van der Waals surface area contributed by atoms with Gasteiger partial charge in [0, 0.05) is 63.3 Å². The van der Waals surface area contributed by atoms with Crippen molar-refractivity contribution in [3.63, 3.8) is 0 Å². The molecule has 4 heterocycles. The fourth-order valence-corrected chi connectivity index (χ4v) is 8.15. The number of unbranched alkanes of at least 4 members (excludes halogenated alkanes) is 2. The average molecular weight is 956 g/mol. The summed E-state index contributed by atoms with van der Waals surface area (Å²) in [6.07, 6.45) is 6.48. The number of nitrogens with two attached hydrogens (primary N) is 2. The molecule has 1 aromatic carbocycles. The maximum Gasteiger partial charge on any atom is 0.321 e. The Labute approximate surface area is 393 Å². The van der Waals surface area contributed by atoms with E-state index in [2.05, 4.69) is 70.8 Å². The van der Waals surface area contributed by atoms with Crippen molar-refractivity contribution in [1.82, 2.24) is 50.0 Å². The van der Waals surface area contributed by atoms with Gasteiger partial charge in [-0.05, 0) is 24.1 Å². The van der Waals surface area contributed by atoms with Crippen LogP contribution in [0.1, 0.15) is 49.4 Å². The lowest BCUT2D eigenvalue weighted by Gasteiger charge is -2.34. The molecular weight excluding hydrogens is 891 g/mol. The number of anilines is 2. The van der Waals surface area contributed by atoms with Crippen molar-refractivity contribution in [1.29, 1.82) is 0 Å². The SMILES string of the molecule is CCCCCNc1nc(N)nc2ccn(Cc3ccc(CN4CCN(C(=O)NCCOCCOCCOCCn5cc(CNC(=O)[C@@H](CC(=O)O)SC[C@H](N)C(=O)O)nn5)CC4)cc3OC)c12. The smallest absolute Gasteiger partial charge is 0.321 e. The number of carboxylic acids is 2. The van der Waals surface area contributed by atoms with E-state index in [1.165, 1.54) is 0 Å². The van der Waals surface area contributed by atoms with Crippen LogP contribution in [0.25, 0.3) is 11.0 Å². The number of hydrogen-bond donors (Lipinski definition) is 7. The summed E-state index contributed by atoms with van der Waals surface area (Å²) in [6, 6.07) is 6.96. The monoisotopic (exact) mass is 955 g/mol. The summed E-state index contributed by atoms with van der Waals surface area (Å²) >= 11 is 0.871. The van der Waals surface area contributed by atoms with E-state index in [-0.39, 0.29) is 24.3 Å². The zero-order valence-electron chi connectivity index (χ0n) is 38.3. The maximum atomic E-state index is 12.8. The molecule has 0 spiro atoms. The first-order valence-electron chi connectivity index (χ1n) is 22.4. The van der Waals surface area contributed by atoms with E-state index in [4.69, 9.17) is 40.6 Å². The number of amides is 3. The van der Waals surface area contributed by atoms with Crippen molar-refractivity contribution in [2.24, 2.45) is 5.73 Å². The van der Waals surface area contributed by atoms with Gasteiger partial charge in [-0.25, -0.2) is 14.5 Å². The summed E-state index contributed by atoms with van der Waals surface area (Å²) in [4.78, 5) is 60.6. The molecule has 4 aromatic rings. The minimum absolute atomic E-state index is 0.0123. The number of nitrogens with one attached hydrogen (secondary N) is 3. The third kappa shape index (κ3) is 17.4. The van der Waals surface area contributed by atoms with Crippen LogP contribution in [-0.2, 0) is 54.8 Å². The number of urea groups is 1. The third-order valence-electron chi connectivity index (χ3n) is 10.7. The standard InChI is InChI=1S/C43H65N13O10S/c1-3-4-5-9-46-39-38-34(49-42(45)50-39)8-11-55(38)27-31-7-6-30(23-35(31)63-2)26-53-12-14-54(15-13-53)43(62)47-10-17-64-19-21-66-22-20-65-18-16-56-28-32(51-52-56)25-48-40(59)36(24-37(57)58)67-29-33(44)41(60)61/h6-8,11,23,28,33,36H,3-5,9-10,12-22,24-27,29,44H2,1-2H3,(H,47,62)(H,48,59)(H,57,58)(H,60,61)(H3,45,46,49,50)/t33-,36+/m0/s1. The second-order valence-corrected chi connectivity index (χ2v) is 17.0. The van der Waals surface area contributed by atoms with Crippen LogP contribution in [0.2, 0.25) is 0 Å². The fourth-order valence-electron chi connectivity index (χ4n) is 7.07. The number of carbonyl (C=O) groups is 4. The maximum absolute atomic E-state index is 12.8. The molecule has 3 amide bonds. The lowest BCUT2D eigenvalue weighted by atomic mass is 10.1. The van der Waals surface area contributed by atoms with E-state index in [1.54, 1.807) is 18.0 Å². The molecule has 9 N–H and O–H groups in total. The molecule has 24 heteroatoms. The molecule has 23 nitrogen and oxygen atoms in total. The van der Waals surface area contributed by atoms with Crippen LogP contribution in [0.15, 0.2) is 36.7 Å². The van der Waals surface area contributed by atoms with Gasteiger partial charge in [-0.3, -0.25) is 19.3 Å². The fraction of sp³-hybridized carbons (Fsp3) is 0.581. The Kier molecular flexibility index (Phi) is 21.6. The van der Waals surface area contributed by atoms with Gasteiger partial charge in [0.05, 0.1) is 89.8 Å². The van der Waals surface area contributed by atoms with Crippen LogP contribution in [0, 0.1) is 0 Å². The molecule has 0 saturated carbocycles. The van der Waals surface area contributed by atoms with Crippen molar-refractivity contribution in [2.75, 3.05) is 103 Å². The van der Waals surface area contributed by atoms with Crippen molar-refractivity contribution in [2.45, 2.75) is 70.1 Å². The Hall–Kier alpha value is -5.79. The number of hydrogen-bond acceptors (Lipinski definition) is 17. The number of methoxy groups -OCH3 is 1. The first-order chi connectivity index (χ1) is 32.4. The van der Waals surface area contributed by atoms with Gasteiger partial charge in [0.2, 0.25) is 11.9 Å².